The maximum absolute atomic E-state index is 9.33. The fourth-order valence-electron chi connectivity index (χ4n) is 2.68. The van der Waals surface area contributed by atoms with Crippen LogP contribution in [0.2, 0.25) is 5.02 Å². The summed E-state index contributed by atoms with van der Waals surface area (Å²) in [6.45, 7) is 2.15. The van der Waals surface area contributed by atoms with Crippen molar-refractivity contribution in [2.75, 3.05) is 0 Å². The van der Waals surface area contributed by atoms with Crippen LogP contribution in [0.4, 0.5) is 0 Å². The maximum Gasteiger partial charge on any atom is 0.157 e. The number of halogens is 1. The Morgan fingerprint density at radius 3 is 2.77 bits per heavy atom. The van der Waals surface area contributed by atoms with E-state index in [1.807, 2.05) is 36.4 Å². The third-order valence-electron chi connectivity index (χ3n) is 3.96. The zero-order chi connectivity index (χ0) is 15.5. The third-order valence-corrected chi connectivity index (χ3v) is 4.19. The summed E-state index contributed by atoms with van der Waals surface area (Å²) in [6.07, 6.45) is 1.63. The summed E-state index contributed by atoms with van der Waals surface area (Å²) in [4.78, 5) is 5.57. The van der Waals surface area contributed by atoms with Gasteiger partial charge in [-0.1, -0.05) is 47.9 Å². The van der Waals surface area contributed by atoms with Gasteiger partial charge >= 0.3 is 0 Å². The van der Waals surface area contributed by atoms with Crippen molar-refractivity contribution < 1.29 is 9.94 Å². The van der Waals surface area contributed by atoms with E-state index in [9.17, 15) is 5.11 Å². The predicted molar refractivity (Wildman–Crippen MR) is 88.3 cm³/mol. The molecule has 1 aliphatic rings. The SMILES string of the molecule is C[C@H](Cc1ccc(O)cc1)C1=NO[C@@H](c2cccc(Cl)c2)C1. The zero-order valence-corrected chi connectivity index (χ0v) is 13.1. The van der Waals surface area contributed by atoms with Gasteiger partial charge in [0.2, 0.25) is 0 Å². The second-order valence-corrected chi connectivity index (χ2v) is 6.14. The van der Waals surface area contributed by atoms with Gasteiger partial charge in [-0.2, -0.15) is 0 Å². The molecule has 0 spiro atoms. The van der Waals surface area contributed by atoms with Crippen LogP contribution in [0.3, 0.4) is 0 Å². The maximum atomic E-state index is 9.33. The van der Waals surface area contributed by atoms with Gasteiger partial charge in [-0.05, 0) is 41.8 Å². The van der Waals surface area contributed by atoms with Crippen molar-refractivity contribution in [3.05, 3.63) is 64.7 Å². The summed E-state index contributed by atoms with van der Waals surface area (Å²) in [7, 11) is 0. The topological polar surface area (TPSA) is 41.8 Å². The molecule has 4 heteroatoms. The van der Waals surface area contributed by atoms with E-state index < -0.39 is 0 Å². The fraction of sp³-hybridized carbons (Fsp3) is 0.278. The summed E-state index contributed by atoms with van der Waals surface area (Å²) in [6, 6.07) is 15.0. The van der Waals surface area contributed by atoms with Crippen LogP contribution in [-0.2, 0) is 11.3 Å². The Balaban J connectivity index is 1.63. The van der Waals surface area contributed by atoms with E-state index >= 15 is 0 Å². The Morgan fingerprint density at radius 2 is 2.05 bits per heavy atom. The van der Waals surface area contributed by atoms with Crippen LogP contribution >= 0.6 is 11.6 Å². The Hall–Kier alpha value is -2.00. The predicted octanol–water partition coefficient (Wildman–Crippen LogP) is 4.74. The Kier molecular flexibility index (Phi) is 4.34. The molecule has 0 bridgehead atoms. The van der Waals surface area contributed by atoms with Crippen molar-refractivity contribution in [2.45, 2.75) is 25.9 Å². The van der Waals surface area contributed by atoms with Crippen molar-refractivity contribution in [1.29, 1.82) is 0 Å². The number of nitrogens with zero attached hydrogens (tertiary/aromatic N) is 1. The molecule has 0 unspecified atom stereocenters. The average Bonchev–Trinajstić information content (AvgIpc) is 3.00. The molecule has 0 fully saturated rings. The molecular weight excluding hydrogens is 298 g/mol. The highest BCUT2D eigenvalue weighted by molar-refractivity contribution is 6.30. The third kappa shape index (κ3) is 3.42. The molecule has 2 aromatic carbocycles. The van der Waals surface area contributed by atoms with Gasteiger partial charge in [0.05, 0.1) is 5.71 Å². The first kappa shape index (κ1) is 14.9. The molecule has 0 saturated carbocycles. The second kappa shape index (κ2) is 6.41. The van der Waals surface area contributed by atoms with Crippen LogP contribution < -0.4 is 0 Å². The van der Waals surface area contributed by atoms with E-state index in [0.717, 1.165) is 24.1 Å². The van der Waals surface area contributed by atoms with Crippen LogP contribution in [0, 0.1) is 5.92 Å². The van der Waals surface area contributed by atoms with Crippen LogP contribution in [0.1, 0.15) is 30.6 Å². The molecule has 2 aromatic rings. The lowest BCUT2D eigenvalue weighted by molar-refractivity contribution is 0.0857. The summed E-state index contributed by atoms with van der Waals surface area (Å²) in [5, 5.41) is 14.3. The number of phenolic OH excluding ortho intramolecular Hbond substituents is 1. The van der Waals surface area contributed by atoms with E-state index in [1.165, 1.54) is 5.56 Å². The minimum Gasteiger partial charge on any atom is -0.508 e. The normalized spacial score (nSPS) is 18.6. The molecule has 0 radical (unpaired) electrons. The Morgan fingerprint density at radius 1 is 1.27 bits per heavy atom. The number of oxime groups is 1. The van der Waals surface area contributed by atoms with Crippen molar-refractivity contribution in [1.82, 2.24) is 0 Å². The van der Waals surface area contributed by atoms with Crippen LogP contribution in [0.25, 0.3) is 0 Å². The molecule has 0 amide bonds. The lowest BCUT2D eigenvalue weighted by atomic mass is 9.92. The van der Waals surface area contributed by atoms with Crippen molar-refractivity contribution in [3.63, 3.8) is 0 Å². The highest BCUT2D eigenvalue weighted by atomic mass is 35.5. The van der Waals surface area contributed by atoms with Gasteiger partial charge in [-0.25, -0.2) is 0 Å². The van der Waals surface area contributed by atoms with Crippen LogP contribution in [0.15, 0.2) is 53.7 Å². The van der Waals surface area contributed by atoms with E-state index in [4.69, 9.17) is 16.4 Å². The Bertz CT molecular complexity index is 682. The number of rotatable bonds is 4. The van der Waals surface area contributed by atoms with Crippen molar-refractivity contribution in [2.24, 2.45) is 11.1 Å². The molecule has 0 aliphatic carbocycles. The van der Waals surface area contributed by atoms with Gasteiger partial charge in [-0.3, -0.25) is 0 Å². The van der Waals surface area contributed by atoms with Crippen molar-refractivity contribution >= 4 is 17.3 Å². The van der Waals surface area contributed by atoms with Crippen molar-refractivity contribution in [3.8, 4) is 5.75 Å². The number of hydrogen-bond donors (Lipinski definition) is 1. The largest absolute Gasteiger partial charge is 0.508 e. The van der Waals surface area contributed by atoms with Gasteiger partial charge < -0.3 is 9.94 Å². The molecular formula is C18H18ClNO2. The number of phenols is 1. The highest BCUT2D eigenvalue weighted by Gasteiger charge is 2.26. The summed E-state index contributed by atoms with van der Waals surface area (Å²) in [5.74, 6) is 0.590. The molecule has 114 valence electrons. The zero-order valence-electron chi connectivity index (χ0n) is 12.4. The van der Waals surface area contributed by atoms with E-state index in [2.05, 4.69) is 12.1 Å². The van der Waals surface area contributed by atoms with E-state index in [0.29, 0.717) is 16.7 Å². The molecule has 1 aliphatic heterocycles. The molecule has 1 N–H and O–H groups in total. The molecule has 22 heavy (non-hydrogen) atoms. The smallest absolute Gasteiger partial charge is 0.157 e. The first-order valence-electron chi connectivity index (χ1n) is 7.38. The fourth-order valence-corrected chi connectivity index (χ4v) is 2.87. The van der Waals surface area contributed by atoms with Crippen LogP contribution in [0.5, 0.6) is 5.75 Å². The molecule has 0 saturated heterocycles. The summed E-state index contributed by atoms with van der Waals surface area (Å²) >= 11 is 6.03. The molecule has 0 aromatic heterocycles. The first-order valence-corrected chi connectivity index (χ1v) is 7.75. The van der Waals surface area contributed by atoms with E-state index in [1.54, 1.807) is 12.1 Å². The molecule has 3 nitrogen and oxygen atoms in total. The summed E-state index contributed by atoms with van der Waals surface area (Å²) in [5.41, 5.74) is 3.31. The van der Waals surface area contributed by atoms with Gasteiger partial charge in [-0.15, -0.1) is 0 Å². The first-order chi connectivity index (χ1) is 10.6. The molecule has 1 heterocycles. The number of aromatic hydroxyl groups is 1. The van der Waals surface area contributed by atoms with Gasteiger partial charge in [0.25, 0.3) is 0 Å². The minimum absolute atomic E-state index is 0.0454. The van der Waals surface area contributed by atoms with E-state index in [-0.39, 0.29) is 6.10 Å². The number of benzene rings is 2. The standard InChI is InChI=1S/C18H18ClNO2/c1-12(9-13-5-7-16(21)8-6-13)17-11-18(22-20-17)14-3-2-4-15(19)10-14/h2-8,10,12,18,21H,9,11H2,1H3/t12-,18-/m1/s1. The number of hydrogen-bond acceptors (Lipinski definition) is 3. The second-order valence-electron chi connectivity index (χ2n) is 5.71. The Labute approximate surface area is 135 Å². The summed E-state index contributed by atoms with van der Waals surface area (Å²) < 4.78 is 0. The quantitative estimate of drug-likeness (QED) is 0.885. The van der Waals surface area contributed by atoms with Gasteiger partial charge in [0, 0.05) is 17.4 Å². The minimum atomic E-state index is -0.0454. The lowest BCUT2D eigenvalue weighted by Crippen LogP contribution is -2.12. The monoisotopic (exact) mass is 315 g/mol. The highest BCUT2D eigenvalue weighted by Crippen LogP contribution is 2.31. The molecule has 3 rings (SSSR count). The van der Waals surface area contributed by atoms with Crippen LogP contribution in [-0.4, -0.2) is 10.8 Å². The molecule has 2 atom stereocenters. The average molecular weight is 316 g/mol. The lowest BCUT2D eigenvalue weighted by Gasteiger charge is -2.11. The van der Waals surface area contributed by atoms with Gasteiger partial charge in [0.15, 0.2) is 6.10 Å². The van der Waals surface area contributed by atoms with Gasteiger partial charge in [0.1, 0.15) is 5.75 Å².